The summed E-state index contributed by atoms with van der Waals surface area (Å²) in [7, 11) is 0.929. The fourth-order valence-electron chi connectivity index (χ4n) is 2.80. The molecule has 1 aromatic rings. The number of rotatable bonds is 5. The van der Waals surface area contributed by atoms with Crippen LogP contribution in [0.5, 0.6) is 0 Å². The number of carbonyl (C=O) groups excluding carboxylic acids is 1. The van der Waals surface area contributed by atoms with Crippen molar-refractivity contribution in [3.05, 3.63) is 34.9 Å². The second kappa shape index (κ2) is 8.85. The van der Waals surface area contributed by atoms with Crippen molar-refractivity contribution in [2.24, 2.45) is 11.3 Å². The molecule has 1 atom stereocenters. The summed E-state index contributed by atoms with van der Waals surface area (Å²) in [6, 6.07) is 6.29. The van der Waals surface area contributed by atoms with Crippen molar-refractivity contribution < 1.29 is 23.7 Å². The maximum absolute atomic E-state index is 12.5. The molecular weight excluding hydrogens is 294 g/mol. The second-order valence-corrected chi connectivity index (χ2v) is 9.88. The predicted molar refractivity (Wildman–Crippen MR) is 99.2 cm³/mol. The molecule has 1 unspecified atom stereocenters. The van der Waals surface area contributed by atoms with Gasteiger partial charge in [-0.15, -0.1) is 0 Å². The van der Waals surface area contributed by atoms with Gasteiger partial charge in [-0.25, -0.2) is 0 Å². The zero-order valence-electron chi connectivity index (χ0n) is 16.6. The number of hydrogen-bond donors (Lipinski definition) is 0. The molecular formula is C20H32LiOP. The van der Waals surface area contributed by atoms with E-state index in [0.717, 1.165) is 32.3 Å². The van der Waals surface area contributed by atoms with Gasteiger partial charge >= 0.3 is 18.9 Å². The van der Waals surface area contributed by atoms with Crippen LogP contribution in [0.15, 0.2) is 18.2 Å². The number of hydrogen-bond acceptors (Lipinski definition) is 1. The van der Waals surface area contributed by atoms with Crippen LogP contribution < -0.4 is 18.9 Å². The number of aryl methyl sites for hydroxylation is 1. The molecule has 0 N–H and O–H groups in total. The third kappa shape index (κ3) is 8.02. The van der Waals surface area contributed by atoms with Gasteiger partial charge in [-0.1, -0.05) is 72.6 Å². The van der Waals surface area contributed by atoms with Crippen molar-refractivity contribution >= 4 is 14.1 Å². The molecule has 23 heavy (non-hydrogen) atoms. The molecule has 0 amide bonds. The third-order valence-electron chi connectivity index (χ3n) is 3.83. The van der Waals surface area contributed by atoms with E-state index in [4.69, 9.17) is 0 Å². The Balaban J connectivity index is 0.00000484. The van der Waals surface area contributed by atoms with Crippen molar-refractivity contribution in [2.75, 3.05) is 6.16 Å². The first kappa shape index (κ1) is 22.9. The van der Waals surface area contributed by atoms with E-state index in [-0.39, 0.29) is 29.8 Å². The van der Waals surface area contributed by atoms with Crippen LogP contribution >= 0.6 is 8.58 Å². The summed E-state index contributed by atoms with van der Waals surface area (Å²) in [5.74, 6) is 0.583. The second-order valence-electron chi connectivity index (χ2n) is 8.80. The summed E-state index contributed by atoms with van der Waals surface area (Å²) in [4.78, 5) is 12.5. The average Bonchev–Trinajstić information content (AvgIpc) is 2.32. The molecule has 1 rings (SSSR count). The van der Waals surface area contributed by atoms with Crippen LogP contribution in [0, 0.1) is 18.3 Å². The summed E-state index contributed by atoms with van der Waals surface area (Å²) in [5, 5.41) is 0. The van der Waals surface area contributed by atoms with Crippen molar-refractivity contribution in [3.8, 4) is 0 Å². The maximum atomic E-state index is 12.5. The maximum Gasteiger partial charge on any atom is 1.00 e. The zero-order valence-corrected chi connectivity index (χ0v) is 17.5. The van der Waals surface area contributed by atoms with Gasteiger partial charge in [-0.2, -0.15) is 6.16 Å². The molecule has 3 heteroatoms. The van der Waals surface area contributed by atoms with E-state index in [1.165, 1.54) is 5.56 Å². The smallest absolute Gasteiger partial charge is 0.459 e. The van der Waals surface area contributed by atoms with Gasteiger partial charge in [0.2, 0.25) is 0 Å². The summed E-state index contributed by atoms with van der Waals surface area (Å²) in [5.41, 5.74) is 4.01. The molecule has 0 fully saturated rings. The van der Waals surface area contributed by atoms with E-state index in [1.807, 2.05) is 6.07 Å². The van der Waals surface area contributed by atoms with Gasteiger partial charge in [0.15, 0.2) is 0 Å². The predicted octanol–water partition coefficient (Wildman–Crippen LogP) is 3.46. The van der Waals surface area contributed by atoms with Gasteiger partial charge in [0, 0.05) is 5.52 Å². The summed E-state index contributed by atoms with van der Waals surface area (Å²) < 4.78 is 0. The van der Waals surface area contributed by atoms with Crippen LogP contribution in [0.2, 0.25) is 0 Å². The van der Waals surface area contributed by atoms with Crippen LogP contribution in [0.3, 0.4) is 0 Å². The molecule has 0 bridgehead atoms. The van der Waals surface area contributed by atoms with E-state index in [2.05, 4.69) is 67.5 Å². The Morgan fingerprint density at radius 3 is 2.13 bits per heavy atom. The van der Waals surface area contributed by atoms with Crippen LogP contribution in [0.1, 0.15) is 76.4 Å². The van der Waals surface area contributed by atoms with Crippen LogP contribution in [-0.2, 0) is 5.41 Å². The topological polar surface area (TPSA) is 17.1 Å². The molecule has 0 aliphatic carbocycles. The van der Waals surface area contributed by atoms with Crippen molar-refractivity contribution in [3.63, 3.8) is 0 Å². The molecule has 0 aliphatic heterocycles. The van der Waals surface area contributed by atoms with Gasteiger partial charge in [-0.3, -0.25) is 0 Å². The standard InChI is InChI=1S/C20H32OP.Li/c1-14(12-19(3,4)5)13-22-18(21)17-10-9-16(11-15(17)2)20(6,7)8;/h9-11,14H,12-13H2,1-8H3;/q-1;+1. The van der Waals surface area contributed by atoms with Gasteiger partial charge < -0.3 is 13.4 Å². The van der Waals surface area contributed by atoms with E-state index in [9.17, 15) is 4.79 Å². The van der Waals surface area contributed by atoms with E-state index in [0.29, 0.717) is 11.3 Å². The summed E-state index contributed by atoms with van der Waals surface area (Å²) in [6.45, 7) is 17.7. The van der Waals surface area contributed by atoms with Crippen LogP contribution in [0.4, 0.5) is 0 Å². The van der Waals surface area contributed by atoms with Crippen LogP contribution in [-0.4, -0.2) is 11.7 Å². The third-order valence-corrected chi connectivity index (χ3v) is 5.16. The Bertz CT molecular complexity index is 523. The molecule has 1 aromatic carbocycles. The largest absolute Gasteiger partial charge is 1.00 e. The molecule has 0 saturated carbocycles. The minimum Gasteiger partial charge on any atom is -0.459 e. The summed E-state index contributed by atoms with van der Waals surface area (Å²) in [6.07, 6.45) is 2.12. The average molecular weight is 326 g/mol. The fraction of sp³-hybridized carbons (Fsp3) is 0.650. The Labute approximate surface area is 157 Å². The molecule has 0 saturated heterocycles. The van der Waals surface area contributed by atoms with E-state index < -0.39 is 0 Å². The van der Waals surface area contributed by atoms with Crippen molar-refractivity contribution in [1.82, 2.24) is 0 Å². The van der Waals surface area contributed by atoms with Crippen molar-refractivity contribution in [2.45, 2.75) is 67.2 Å². The van der Waals surface area contributed by atoms with Crippen LogP contribution in [0.25, 0.3) is 0 Å². The summed E-state index contributed by atoms with van der Waals surface area (Å²) >= 11 is 0. The Morgan fingerprint density at radius 1 is 1.13 bits per heavy atom. The first-order valence-electron chi connectivity index (χ1n) is 8.23. The first-order valence-corrected chi connectivity index (χ1v) is 9.31. The number of benzene rings is 1. The Morgan fingerprint density at radius 2 is 1.70 bits per heavy atom. The first-order chi connectivity index (χ1) is 9.90. The molecule has 124 valence electrons. The van der Waals surface area contributed by atoms with E-state index >= 15 is 0 Å². The van der Waals surface area contributed by atoms with Gasteiger partial charge in [0.1, 0.15) is 0 Å². The molecule has 0 spiro atoms. The Hall–Kier alpha value is -0.0826. The molecule has 0 aromatic heterocycles. The molecule has 0 aliphatic rings. The number of carbonyl (C=O) groups is 1. The molecule has 0 heterocycles. The minimum atomic E-state index is 0. The van der Waals surface area contributed by atoms with Gasteiger partial charge in [-0.05, 0) is 40.9 Å². The Kier molecular flexibility index (Phi) is 8.82. The van der Waals surface area contributed by atoms with Gasteiger partial charge in [0.25, 0.3) is 0 Å². The van der Waals surface area contributed by atoms with Crippen molar-refractivity contribution in [1.29, 1.82) is 0 Å². The zero-order chi connectivity index (χ0) is 17.1. The SMILES string of the molecule is Cc1cc(C(C)(C)C)ccc1C(=O)[P-]CC(C)CC(C)(C)C.[Li+]. The van der Waals surface area contributed by atoms with E-state index in [1.54, 1.807) is 0 Å². The normalized spacial score (nSPS) is 13.9. The molecule has 0 radical (unpaired) electrons. The monoisotopic (exact) mass is 326 g/mol. The quantitative estimate of drug-likeness (QED) is 0.598. The molecule has 1 nitrogen and oxygen atoms in total. The fourth-order valence-corrected chi connectivity index (χ4v) is 3.83. The minimum absolute atomic E-state index is 0. The van der Waals surface area contributed by atoms with Gasteiger partial charge in [0.05, 0.1) is 0 Å².